The quantitative estimate of drug-likeness (QED) is 0.653. The van der Waals surface area contributed by atoms with Gasteiger partial charge in [-0.3, -0.25) is 4.79 Å². The first kappa shape index (κ1) is 19.3. The van der Waals surface area contributed by atoms with E-state index in [1.165, 1.54) is 13.2 Å². The van der Waals surface area contributed by atoms with Gasteiger partial charge in [-0.25, -0.2) is 4.79 Å². The van der Waals surface area contributed by atoms with E-state index >= 15 is 0 Å². The first-order valence-corrected chi connectivity index (χ1v) is 8.84. The van der Waals surface area contributed by atoms with Crippen LogP contribution < -0.4 is 20.7 Å². The summed E-state index contributed by atoms with van der Waals surface area (Å²) in [6.07, 6.45) is 0. The van der Waals surface area contributed by atoms with Crippen LogP contribution in [0.5, 0.6) is 11.5 Å². The number of rotatable bonds is 4. The standard InChI is InChI=1S/C21H23N3O4/c1-11-5-6-12(2)15(9-11)23-20(26)18-13(3)22-21(27)24-19(18)14-7-8-16(25)17(10-14)28-4/h5-10,19,25H,1-4H3,(H,23,26)(H2,22,24,27). The number of aromatic hydroxyl groups is 1. The fourth-order valence-electron chi connectivity index (χ4n) is 3.18. The molecule has 0 aromatic heterocycles. The Morgan fingerprint density at radius 2 is 1.89 bits per heavy atom. The number of phenols is 1. The van der Waals surface area contributed by atoms with Gasteiger partial charge in [0.1, 0.15) is 0 Å². The van der Waals surface area contributed by atoms with Gasteiger partial charge in [-0.15, -0.1) is 0 Å². The summed E-state index contributed by atoms with van der Waals surface area (Å²) in [4.78, 5) is 25.1. The summed E-state index contributed by atoms with van der Waals surface area (Å²) >= 11 is 0. The van der Waals surface area contributed by atoms with E-state index in [0.717, 1.165) is 11.1 Å². The van der Waals surface area contributed by atoms with Crippen LogP contribution in [0.3, 0.4) is 0 Å². The molecule has 4 N–H and O–H groups in total. The molecule has 7 heteroatoms. The molecule has 2 aromatic carbocycles. The Hall–Kier alpha value is -3.48. The highest BCUT2D eigenvalue weighted by molar-refractivity contribution is 6.07. The van der Waals surface area contributed by atoms with Crippen molar-refractivity contribution >= 4 is 17.6 Å². The van der Waals surface area contributed by atoms with E-state index in [1.54, 1.807) is 19.1 Å². The Balaban J connectivity index is 2.00. The van der Waals surface area contributed by atoms with Crippen LogP contribution in [0.4, 0.5) is 10.5 Å². The van der Waals surface area contributed by atoms with E-state index in [-0.39, 0.29) is 17.4 Å². The Bertz CT molecular complexity index is 982. The zero-order valence-corrected chi connectivity index (χ0v) is 16.2. The summed E-state index contributed by atoms with van der Waals surface area (Å²) in [7, 11) is 1.44. The predicted octanol–water partition coefficient (Wildman–Crippen LogP) is 3.28. The number of allylic oxidation sites excluding steroid dienone is 1. The molecule has 146 valence electrons. The highest BCUT2D eigenvalue weighted by Crippen LogP contribution is 2.34. The molecule has 0 saturated carbocycles. The lowest BCUT2D eigenvalue weighted by Gasteiger charge is -2.29. The van der Waals surface area contributed by atoms with Gasteiger partial charge in [-0.1, -0.05) is 18.2 Å². The summed E-state index contributed by atoms with van der Waals surface area (Å²) < 4.78 is 5.16. The monoisotopic (exact) mass is 381 g/mol. The molecule has 2 aromatic rings. The predicted molar refractivity (Wildman–Crippen MR) is 106 cm³/mol. The first-order chi connectivity index (χ1) is 13.3. The molecule has 0 spiro atoms. The molecule has 1 unspecified atom stereocenters. The van der Waals surface area contributed by atoms with Gasteiger partial charge in [0, 0.05) is 11.4 Å². The minimum absolute atomic E-state index is 0.0198. The van der Waals surface area contributed by atoms with Crippen molar-refractivity contribution in [3.63, 3.8) is 0 Å². The number of hydrogen-bond acceptors (Lipinski definition) is 4. The molecule has 1 aliphatic heterocycles. The average molecular weight is 381 g/mol. The van der Waals surface area contributed by atoms with Crippen molar-refractivity contribution in [3.8, 4) is 11.5 Å². The Morgan fingerprint density at radius 3 is 2.61 bits per heavy atom. The van der Waals surface area contributed by atoms with Gasteiger partial charge in [-0.05, 0) is 55.7 Å². The van der Waals surface area contributed by atoms with Crippen molar-refractivity contribution in [1.29, 1.82) is 0 Å². The second-order valence-electron chi connectivity index (χ2n) is 6.77. The molecular weight excluding hydrogens is 358 g/mol. The van der Waals surface area contributed by atoms with E-state index in [9.17, 15) is 14.7 Å². The van der Waals surface area contributed by atoms with Crippen LogP contribution in [0.15, 0.2) is 47.7 Å². The van der Waals surface area contributed by atoms with Crippen LogP contribution in [0, 0.1) is 13.8 Å². The Labute approximate surface area is 163 Å². The number of urea groups is 1. The molecule has 3 amide bonds. The van der Waals surface area contributed by atoms with Crippen LogP contribution >= 0.6 is 0 Å². The number of phenolic OH excluding ortho intramolecular Hbond substituents is 1. The third-order valence-corrected chi connectivity index (χ3v) is 4.69. The molecule has 0 radical (unpaired) electrons. The van der Waals surface area contributed by atoms with Crippen LogP contribution in [0.1, 0.15) is 29.7 Å². The lowest BCUT2D eigenvalue weighted by molar-refractivity contribution is -0.113. The van der Waals surface area contributed by atoms with E-state index in [0.29, 0.717) is 22.5 Å². The Morgan fingerprint density at radius 1 is 1.14 bits per heavy atom. The fraction of sp³-hybridized carbons (Fsp3) is 0.238. The highest BCUT2D eigenvalue weighted by Gasteiger charge is 2.31. The minimum atomic E-state index is -0.687. The van der Waals surface area contributed by atoms with Crippen molar-refractivity contribution in [2.75, 3.05) is 12.4 Å². The van der Waals surface area contributed by atoms with Crippen LogP contribution in [-0.4, -0.2) is 24.2 Å². The lowest BCUT2D eigenvalue weighted by atomic mass is 9.94. The molecule has 0 fully saturated rings. The molecule has 1 heterocycles. The molecule has 1 aliphatic rings. The van der Waals surface area contributed by atoms with Crippen molar-refractivity contribution in [1.82, 2.24) is 10.6 Å². The smallest absolute Gasteiger partial charge is 0.319 e. The van der Waals surface area contributed by atoms with Crippen molar-refractivity contribution in [2.45, 2.75) is 26.8 Å². The summed E-state index contributed by atoms with van der Waals surface area (Å²) in [5.74, 6) is -0.0819. The lowest BCUT2D eigenvalue weighted by Crippen LogP contribution is -2.46. The molecule has 0 aliphatic carbocycles. The summed E-state index contributed by atoms with van der Waals surface area (Å²) in [6.45, 7) is 5.55. The van der Waals surface area contributed by atoms with Crippen LogP contribution in [-0.2, 0) is 4.79 Å². The summed E-state index contributed by atoms with van der Waals surface area (Å²) in [5.41, 5.74) is 4.14. The zero-order chi connectivity index (χ0) is 20.4. The van der Waals surface area contributed by atoms with Crippen molar-refractivity contribution in [3.05, 3.63) is 64.4 Å². The molecule has 1 atom stereocenters. The second-order valence-corrected chi connectivity index (χ2v) is 6.77. The second kappa shape index (κ2) is 7.64. The topological polar surface area (TPSA) is 99.7 Å². The molecule has 3 rings (SSSR count). The number of carbonyl (C=O) groups is 2. The number of anilines is 1. The number of nitrogens with one attached hydrogen (secondary N) is 3. The van der Waals surface area contributed by atoms with Gasteiger partial charge in [-0.2, -0.15) is 0 Å². The largest absolute Gasteiger partial charge is 0.504 e. The third kappa shape index (κ3) is 3.78. The zero-order valence-electron chi connectivity index (χ0n) is 16.2. The number of amides is 3. The van der Waals surface area contributed by atoms with E-state index in [2.05, 4.69) is 16.0 Å². The molecule has 0 bridgehead atoms. The molecule has 7 nitrogen and oxygen atoms in total. The molecular formula is C21H23N3O4. The number of aryl methyl sites for hydroxylation is 2. The maximum Gasteiger partial charge on any atom is 0.319 e. The highest BCUT2D eigenvalue weighted by atomic mass is 16.5. The summed E-state index contributed by atoms with van der Waals surface area (Å²) in [6, 6.07) is 9.44. The van der Waals surface area contributed by atoms with Gasteiger partial charge in [0.05, 0.1) is 18.7 Å². The number of methoxy groups -OCH3 is 1. The number of benzene rings is 2. The number of ether oxygens (including phenoxy) is 1. The molecule has 0 saturated heterocycles. The number of hydrogen-bond donors (Lipinski definition) is 4. The fourth-order valence-corrected chi connectivity index (χ4v) is 3.18. The van der Waals surface area contributed by atoms with Crippen molar-refractivity contribution < 1.29 is 19.4 Å². The average Bonchev–Trinajstić information content (AvgIpc) is 2.64. The third-order valence-electron chi connectivity index (χ3n) is 4.69. The van der Waals surface area contributed by atoms with Crippen LogP contribution in [0.25, 0.3) is 0 Å². The molecule has 28 heavy (non-hydrogen) atoms. The van der Waals surface area contributed by atoms with Crippen LogP contribution in [0.2, 0.25) is 0 Å². The first-order valence-electron chi connectivity index (χ1n) is 8.84. The van der Waals surface area contributed by atoms with Gasteiger partial charge < -0.3 is 25.8 Å². The van der Waals surface area contributed by atoms with Gasteiger partial charge >= 0.3 is 6.03 Å². The van der Waals surface area contributed by atoms with Gasteiger partial charge in [0.15, 0.2) is 11.5 Å². The summed E-state index contributed by atoms with van der Waals surface area (Å²) in [5, 5.41) is 18.2. The van der Waals surface area contributed by atoms with Gasteiger partial charge in [0.25, 0.3) is 5.91 Å². The van der Waals surface area contributed by atoms with Crippen molar-refractivity contribution in [2.24, 2.45) is 0 Å². The normalized spacial score (nSPS) is 16.3. The Kier molecular flexibility index (Phi) is 5.26. The van der Waals surface area contributed by atoms with Gasteiger partial charge in [0.2, 0.25) is 0 Å². The minimum Gasteiger partial charge on any atom is -0.504 e. The van der Waals surface area contributed by atoms with E-state index < -0.39 is 12.1 Å². The SMILES string of the molecule is COc1cc(C2NC(=O)NC(C)=C2C(=O)Nc2cc(C)ccc2C)ccc1O. The maximum absolute atomic E-state index is 13.1. The van der Waals surface area contributed by atoms with E-state index in [4.69, 9.17) is 4.74 Å². The number of carbonyl (C=O) groups excluding carboxylic acids is 2. The maximum atomic E-state index is 13.1. The van der Waals surface area contributed by atoms with E-state index in [1.807, 2.05) is 32.0 Å².